The largest absolute Gasteiger partial charge is 0.496 e. The van der Waals surface area contributed by atoms with Crippen molar-refractivity contribution in [2.24, 2.45) is 5.10 Å². The highest BCUT2D eigenvalue weighted by atomic mass is 79.9. The van der Waals surface area contributed by atoms with E-state index in [2.05, 4.69) is 47.4 Å². The number of carbonyl (C=O) groups is 2. The maximum absolute atomic E-state index is 13.6. The predicted molar refractivity (Wildman–Crippen MR) is 170 cm³/mol. The molecule has 1 amide bonds. The first-order chi connectivity index (χ1) is 20.3. The van der Waals surface area contributed by atoms with Gasteiger partial charge in [-0.2, -0.15) is 5.10 Å². The minimum absolute atomic E-state index is 0.223. The number of nitrogens with zero attached hydrogens (tertiary/aromatic N) is 1. The monoisotopic (exact) mass is 709 g/mol. The lowest BCUT2D eigenvalue weighted by Gasteiger charge is -2.11. The van der Waals surface area contributed by atoms with Crippen LogP contribution in [0.2, 0.25) is 5.02 Å². The van der Waals surface area contributed by atoms with Crippen LogP contribution in [0, 0.1) is 0 Å². The number of halogens is 3. The highest BCUT2D eigenvalue weighted by molar-refractivity contribution is 9.11. The second-order valence-corrected chi connectivity index (χ2v) is 11.1. The Morgan fingerprint density at radius 2 is 1.62 bits per heavy atom. The van der Waals surface area contributed by atoms with E-state index in [0.29, 0.717) is 53.1 Å². The third kappa shape index (κ3) is 6.06. The Morgan fingerprint density at radius 3 is 2.31 bits per heavy atom. The van der Waals surface area contributed by atoms with Gasteiger partial charge in [-0.05, 0) is 70.0 Å². The van der Waals surface area contributed by atoms with Gasteiger partial charge >= 0.3 is 5.97 Å². The van der Waals surface area contributed by atoms with E-state index in [1.54, 1.807) is 62.8 Å². The number of rotatable bonds is 8. The van der Waals surface area contributed by atoms with E-state index in [1.807, 2.05) is 30.3 Å². The van der Waals surface area contributed by atoms with Gasteiger partial charge in [0.05, 0.1) is 41.4 Å². The maximum Gasteiger partial charge on any atom is 0.343 e. The Hall–Kier alpha value is -4.12. The number of benzene rings is 4. The molecule has 0 radical (unpaired) electrons. The van der Waals surface area contributed by atoms with Crippen LogP contribution in [0.5, 0.6) is 17.2 Å². The first-order valence-electron chi connectivity index (χ1n) is 12.4. The molecule has 0 atom stereocenters. The highest BCUT2D eigenvalue weighted by Crippen LogP contribution is 2.42. The predicted octanol–water partition coefficient (Wildman–Crippen LogP) is 8.01. The van der Waals surface area contributed by atoms with Crippen LogP contribution in [0.15, 0.2) is 92.9 Å². The van der Waals surface area contributed by atoms with Crippen LogP contribution in [0.1, 0.15) is 26.4 Å². The summed E-state index contributed by atoms with van der Waals surface area (Å²) in [6.07, 6.45) is 1.39. The molecule has 5 aromatic rings. The van der Waals surface area contributed by atoms with Crippen LogP contribution in [0.4, 0.5) is 0 Å². The Morgan fingerprint density at radius 1 is 0.929 bits per heavy atom. The molecule has 0 fully saturated rings. The van der Waals surface area contributed by atoms with Gasteiger partial charge in [-0.15, -0.1) is 0 Å². The fourth-order valence-electron chi connectivity index (χ4n) is 4.39. The smallest absolute Gasteiger partial charge is 0.343 e. The number of hydrogen-bond donors (Lipinski definition) is 2. The molecule has 0 bridgehead atoms. The number of ether oxygens (including phenoxy) is 3. The number of hydrogen-bond acceptors (Lipinski definition) is 6. The molecular formula is C31H22Br2ClN3O5. The van der Waals surface area contributed by atoms with Crippen molar-refractivity contribution in [3.63, 3.8) is 0 Å². The summed E-state index contributed by atoms with van der Waals surface area (Å²) in [5, 5.41) is 5.39. The fraction of sp³-hybridized carbons (Fsp3) is 0.0645. The lowest BCUT2D eigenvalue weighted by atomic mass is 10.0. The van der Waals surface area contributed by atoms with Crippen LogP contribution in [0.25, 0.3) is 22.0 Å². The molecular weight excluding hydrogens is 690 g/mol. The summed E-state index contributed by atoms with van der Waals surface area (Å²) in [7, 11) is 3.13. The van der Waals surface area contributed by atoms with Gasteiger partial charge in [-0.1, -0.05) is 57.9 Å². The number of carbonyl (C=O) groups excluding carboxylic acids is 2. The van der Waals surface area contributed by atoms with Crippen molar-refractivity contribution in [1.82, 2.24) is 10.4 Å². The molecule has 1 heterocycles. The van der Waals surface area contributed by atoms with E-state index in [9.17, 15) is 9.59 Å². The maximum atomic E-state index is 13.6. The zero-order valence-corrected chi connectivity index (χ0v) is 26.1. The minimum Gasteiger partial charge on any atom is -0.496 e. The fourth-order valence-corrected chi connectivity index (χ4v) is 5.86. The van der Waals surface area contributed by atoms with E-state index in [1.165, 1.54) is 6.21 Å². The lowest BCUT2D eigenvalue weighted by Crippen LogP contribution is -2.19. The Kier molecular flexibility index (Phi) is 8.96. The van der Waals surface area contributed by atoms with E-state index in [4.69, 9.17) is 25.8 Å². The van der Waals surface area contributed by atoms with E-state index < -0.39 is 11.9 Å². The zero-order chi connectivity index (χ0) is 29.8. The summed E-state index contributed by atoms with van der Waals surface area (Å²) in [6, 6.07) is 22.8. The summed E-state index contributed by atoms with van der Waals surface area (Å²) in [5.41, 5.74) is 5.65. The van der Waals surface area contributed by atoms with Crippen molar-refractivity contribution in [3.8, 4) is 28.4 Å². The molecule has 0 saturated heterocycles. The van der Waals surface area contributed by atoms with E-state index in [-0.39, 0.29) is 11.4 Å². The molecule has 2 N–H and O–H groups in total. The van der Waals surface area contributed by atoms with Gasteiger partial charge in [0.15, 0.2) is 5.75 Å². The molecule has 11 heteroatoms. The second kappa shape index (κ2) is 12.8. The molecule has 4 aromatic carbocycles. The minimum atomic E-state index is -0.582. The molecule has 8 nitrogen and oxygen atoms in total. The van der Waals surface area contributed by atoms with Crippen molar-refractivity contribution in [1.29, 1.82) is 0 Å². The van der Waals surface area contributed by atoms with Crippen molar-refractivity contribution >= 4 is 72.5 Å². The van der Waals surface area contributed by atoms with Gasteiger partial charge in [-0.25, -0.2) is 10.2 Å². The average molecular weight is 712 g/mol. The summed E-state index contributed by atoms with van der Waals surface area (Å²) >= 11 is 12.8. The number of methoxy groups -OCH3 is 2. The van der Waals surface area contributed by atoms with Gasteiger partial charge in [0.25, 0.3) is 5.91 Å². The Balaban J connectivity index is 1.49. The molecule has 0 saturated carbocycles. The van der Waals surface area contributed by atoms with Gasteiger partial charge < -0.3 is 19.2 Å². The summed E-state index contributed by atoms with van der Waals surface area (Å²) < 4.78 is 18.1. The second-order valence-electron chi connectivity index (χ2n) is 8.86. The molecule has 0 unspecified atom stereocenters. The number of hydrazone groups is 1. The van der Waals surface area contributed by atoms with Gasteiger partial charge in [0.2, 0.25) is 0 Å². The SMILES string of the molecule is COc1ccc(OC)c2c(-c3ccccc3)c(C(=O)NN=Cc3cc(Br)cc(Br)c3OC(=O)c3ccc(Cl)cc3)[nH]c12. The topological polar surface area (TPSA) is 102 Å². The van der Waals surface area contributed by atoms with E-state index in [0.717, 1.165) is 5.56 Å². The number of H-pyrrole nitrogens is 1. The van der Waals surface area contributed by atoms with Crippen molar-refractivity contribution in [2.75, 3.05) is 14.2 Å². The van der Waals surface area contributed by atoms with Crippen LogP contribution < -0.4 is 19.6 Å². The zero-order valence-electron chi connectivity index (χ0n) is 22.2. The highest BCUT2D eigenvalue weighted by Gasteiger charge is 2.24. The number of fused-ring (bicyclic) bond motifs is 1. The van der Waals surface area contributed by atoms with Crippen molar-refractivity contribution in [3.05, 3.63) is 110 Å². The van der Waals surface area contributed by atoms with Gasteiger partial charge in [0.1, 0.15) is 17.2 Å². The van der Waals surface area contributed by atoms with Crippen LogP contribution >= 0.6 is 43.5 Å². The summed E-state index contributed by atoms with van der Waals surface area (Å²) in [5.74, 6) is 0.272. The van der Waals surface area contributed by atoms with Crippen molar-refractivity contribution in [2.45, 2.75) is 0 Å². The van der Waals surface area contributed by atoms with Crippen LogP contribution in [-0.2, 0) is 0 Å². The van der Waals surface area contributed by atoms with Crippen LogP contribution in [0.3, 0.4) is 0 Å². The Labute approximate surface area is 262 Å². The summed E-state index contributed by atoms with van der Waals surface area (Å²) in [4.78, 5) is 29.6. The number of nitrogens with one attached hydrogen (secondary N) is 2. The Bertz CT molecular complexity index is 1820. The first kappa shape index (κ1) is 29.4. The average Bonchev–Trinajstić information content (AvgIpc) is 3.40. The number of aromatic amines is 1. The standard InChI is InChI=1S/C31H22Br2ClN3O5/c1-40-23-12-13-24(41-2)27-26(23)25(17-6-4-3-5-7-17)28(36-27)30(38)37-35-16-19-14-20(32)15-22(33)29(19)42-31(39)18-8-10-21(34)11-9-18/h3-16,36H,1-2H3,(H,37,38). The van der Waals surface area contributed by atoms with Gasteiger partial charge in [-0.3, -0.25) is 4.79 Å². The third-order valence-electron chi connectivity index (χ3n) is 6.29. The lowest BCUT2D eigenvalue weighted by molar-refractivity contribution is 0.0733. The first-order valence-corrected chi connectivity index (χ1v) is 14.4. The van der Waals surface area contributed by atoms with E-state index >= 15 is 0 Å². The molecule has 5 rings (SSSR count). The van der Waals surface area contributed by atoms with Crippen LogP contribution in [-0.4, -0.2) is 37.3 Å². The van der Waals surface area contributed by atoms with Gasteiger partial charge in [0, 0.05) is 20.6 Å². The molecule has 1 aromatic heterocycles. The molecule has 0 aliphatic carbocycles. The summed E-state index contributed by atoms with van der Waals surface area (Å²) in [6.45, 7) is 0. The normalized spacial score (nSPS) is 11.1. The number of amides is 1. The molecule has 42 heavy (non-hydrogen) atoms. The van der Waals surface area contributed by atoms with Crippen molar-refractivity contribution < 1.29 is 23.8 Å². The number of aromatic nitrogens is 1. The molecule has 0 aliphatic rings. The number of esters is 1. The molecule has 0 spiro atoms. The third-order valence-corrected chi connectivity index (χ3v) is 7.59. The molecule has 212 valence electrons. The quantitative estimate of drug-likeness (QED) is 0.0735. The molecule has 0 aliphatic heterocycles.